The third-order valence-corrected chi connectivity index (χ3v) is 2.81. The summed E-state index contributed by atoms with van der Waals surface area (Å²) in [5.41, 5.74) is 0. The highest BCUT2D eigenvalue weighted by Gasteiger charge is 2.34. The van der Waals surface area contributed by atoms with Crippen LogP contribution >= 0.6 is 0 Å². The van der Waals surface area contributed by atoms with Crippen LogP contribution in [0.2, 0.25) is 0 Å². The van der Waals surface area contributed by atoms with Gasteiger partial charge in [0.1, 0.15) is 0 Å². The maximum Gasteiger partial charge on any atom is 0.00983 e. The lowest BCUT2D eigenvalue weighted by Gasteiger charge is -2.06. The number of hydrogen-bond acceptors (Lipinski definition) is 1. The maximum absolute atomic E-state index is 3.62. The SMILES string of the molecule is C[C@@H]1CC2CCCC2N1. The van der Waals surface area contributed by atoms with E-state index in [4.69, 9.17) is 0 Å². The van der Waals surface area contributed by atoms with E-state index in [0.29, 0.717) is 0 Å². The summed E-state index contributed by atoms with van der Waals surface area (Å²) in [5.74, 6) is 1.04. The topological polar surface area (TPSA) is 12.0 Å². The average molecular weight is 125 g/mol. The normalized spacial score (nSPS) is 49.7. The Morgan fingerprint density at radius 2 is 2.22 bits per heavy atom. The molecule has 1 heteroatoms. The molecular formula is C8H15N. The van der Waals surface area contributed by atoms with Gasteiger partial charge in [-0.15, -0.1) is 0 Å². The molecule has 1 nitrogen and oxygen atoms in total. The van der Waals surface area contributed by atoms with Crippen LogP contribution in [0.1, 0.15) is 32.6 Å². The average Bonchev–Trinajstić information content (AvgIpc) is 2.22. The van der Waals surface area contributed by atoms with Gasteiger partial charge in [-0.2, -0.15) is 0 Å². The van der Waals surface area contributed by atoms with Gasteiger partial charge in [-0.3, -0.25) is 0 Å². The smallest absolute Gasteiger partial charge is 0.00983 e. The van der Waals surface area contributed by atoms with E-state index < -0.39 is 0 Å². The molecule has 1 saturated heterocycles. The molecule has 2 fully saturated rings. The van der Waals surface area contributed by atoms with Crippen LogP contribution in [0.3, 0.4) is 0 Å². The molecule has 0 amide bonds. The molecule has 3 atom stereocenters. The van der Waals surface area contributed by atoms with E-state index in [2.05, 4.69) is 12.2 Å². The molecule has 0 aromatic heterocycles. The summed E-state index contributed by atoms with van der Waals surface area (Å²) in [5, 5.41) is 3.62. The van der Waals surface area contributed by atoms with Gasteiger partial charge in [0.15, 0.2) is 0 Å². The lowest BCUT2D eigenvalue weighted by atomic mass is 10.0. The van der Waals surface area contributed by atoms with Crippen molar-refractivity contribution >= 4 is 0 Å². The summed E-state index contributed by atoms with van der Waals surface area (Å²) in [6.07, 6.45) is 5.83. The van der Waals surface area contributed by atoms with Crippen LogP contribution in [0.15, 0.2) is 0 Å². The van der Waals surface area contributed by atoms with Gasteiger partial charge >= 0.3 is 0 Å². The molecule has 1 aliphatic heterocycles. The molecule has 1 N–H and O–H groups in total. The van der Waals surface area contributed by atoms with Crippen molar-refractivity contribution in [2.45, 2.75) is 44.7 Å². The molecular weight excluding hydrogens is 110 g/mol. The monoisotopic (exact) mass is 125 g/mol. The summed E-state index contributed by atoms with van der Waals surface area (Å²) in [7, 11) is 0. The highest BCUT2D eigenvalue weighted by molar-refractivity contribution is 4.92. The molecule has 1 aliphatic carbocycles. The Hall–Kier alpha value is -0.0400. The van der Waals surface area contributed by atoms with Gasteiger partial charge in [0.25, 0.3) is 0 Å². The fourth-order valence-corrected chi connectivity index (χ4v) is 2.43. The summed E-state index contributed by atoms with van der Waals surface area (Å²) in [6.45, 7) is 2.30. The van der Waals surface area contributed by atoms with Gasteiger partial charge < -0.3 is 5.32 Å². The predicted octanol–water partition coefficient (Wildman–Crippen LogP) is 1.54. The Labute approximate surface area is 56.8 Å². The number of rotatable bonds is 0. The predicted molar refractivity (Wildman–Crippen MR) is 38.3 cm³/mol. The first-order chi connectivity index (χ1) is 4.36. The lowest BCUT2D eigenvalue weighted by Crippen LogP contribution is -2.26. The molecule has 52 valence electrons. The second-order valence-corrected chi connectivity index (χ2v) is 3.60. The van der Waals surface area contributed by atoms with Crippen molar-refractivity contribution in [1.29, 1.82) is 0 Å². The van der Waals surface area contributed by atoms with Crippen molar-refractivity contribution < 1.29 is 0 Å². The van der Waals surface area contributed by atoms with Crippen LogP contribution in [-0.2, 0) is 0 Å². The maximum atomic E-state index is 3.62. The van der Waals surface area contributed by atoms with E-state index in [1.165, 1.54) is 25.7 Å². The first-order valence-corrected chi connectivity index (χ1v) is 4.12. The molecule has 1 heterocycles. The molecule has 0 bridgehead atoms. The van der Waals surface area contributed by atoms with Crippen molar-refractivity contribution in [1.82, 2.24) is 5.32 Å². The number of nitrogens with one attached hydrogen (secondary N) is 1. The van der Waals surface area contributed by atoms with Gasteiger partial charge in [0.2, 0.25) is 0 Å². The van der Waals surface area contributed by atoms with Crippen molar-refractivity contribution in [3.63, 3.8) is 0 Å². The fourth-order valence-electron chi connectivity index (χ4n) is 2.43. The second-order valence-electron chi connectivity index (χ2n) is 3.60. The first kappa shape index (κ1) is 5.72. The van der Waals surface area contributed by atoms with Gasteiger partial charge in [-0.05, 0) is 32.1 Å². The van der Waals surface area contributed by atoms with E-state index in [0.717, 1.165) is 18.0 Å². The summed E-state index contributed by atoms with van der Waals surface area (Å²) >= 11 is 0. The minimum atomic E-state index is 0.806. The van der Waals surface area contributed by atoms with Gasteiger partial charge in [-0.1, -0.05) is 6.42 Å². The third kappa shape index (κ3) is 0.877. The quantitative estimate of drug-likeness (QED) is 0.518. The standard InChI is InChI=1S/C8H15N/c1-6-5-7-3-2-4-8(7)9-6/h6-9H,2-5H2,1H3/t6-,7?,8?/m1/s1. The van der Waals surface area contributed by atoms with Crippen molar-refractivity contribution in [2.75, 3.05) is 0 Å². The van der Waals surface area contributed by atoms with E-state index in [9.17, 15) is 0 Å². The molecule has 1 saturated carbocycles. The van der Waals surface area contributed by atoms with Crippen LogP contribution in [-0.4, -0.2) is 12.1 Å². The largest absolute Gasteiger partial charge is 0.311 e. The number of fused-ring (bicyclic) bond motifs is 1. The Kier molecular flexibility index (Phi) is 1.26. The third-order valence-electron chi connectivity index (χ3n) is 2.81. The molecule has 2 rings (SSSR count). The lowest BCUT2D eigenvalue weighted by molar-refractivity contribution is 0.518. The summed E-state index contributed by atoms with van der Waals surface area (Å²) < 4.78 is 0. The fraction of sp³-hybridized carbons (Fsp3) is 1.00. The molecule has 0 aromatic rings. The van der Waals surface area contributed by atoms with Crippen molar-refractivity contribution in [2.24, 2.45) is 5.92 Å². The summed E-state index contributed by atoms with van der Waals surface area (Å²) in [4.78, 5) is 0. The Morgan fingerprint density at radius 3 is 3.00 bits per heavy atom. The van der Waals surface area contributed by atoms with Gasteiger partial charge in [-0.25, -0.2) is 0 Å². The molecule has 2 unspecified atom stereocenters. The van der Waals surface area contributed by atoms with Crippen molar-refractivity contribution in [3.8, 4) is 0 Å². The minimum absolute atomic E-state index is 0.806. The van der Waals surface area contributed by atoms with E-state index >= 15 is 0 Å². The molecule has 0 aromatic carbocycles. The zero-order valence-corrected chi connectivity index (χ0v) is 6.06. The molecule has 0 radical (unpaired) electrons. The molecule has 9 heavy (non-hydrogen) atoms. The Balaban J connectivity index is 2.02. The van der Waals surface area contributed by atoms with E-state index in [1.54, 1.807) is 0 Å². The highest BCUT2D eigenvalue weighted by atomic mass is 15.0. The summed E-state index contributed by atoms with van der Waals surface area (Å²) in [6, 6.07) is 1.71. The van der Waals surface area contributed by atoms with Gasteiger partial charge in [0, 0.05) is 12.1 Å². The zero-order valence-electron chi connectivity index (χ0n) is 6.06. The Bertz CT molecular complexity index is 99.1. The zero-order chi connectivity index (χ0) is 6.27. The van der Waals surface area contributed by atoms with Crippen molar-refractivity contribution in [3.05, 3.63) is 0 Å². The minimum Gasteiger partial charge on any atom is -0.311 e. The van der Waals surface area contributed by atoms with Crippen LogP contribution < -0.4 is 5.32 Å². The van der Waals surface area contributed by atoms with Crippen LogP contribution in [0.25, 0.3) is 0 Å². The first-order valence-electron chi connectivity index (χ1n) is 4.12. The Morgan fingerprint density at radius 1 is 1.33 bits per heavy atom. The molecule has 2 aliphatic rings. The van der Waals surface area contributed by atoms with Gasteiger partial charge in [0.05, 0.1) is 0 Å². The number of hydrogen-bond donors (Lipinski definition) is 1. The second kappa shape index (κ2) is 1.98. The molecule has 0 spiro atoms. The van der Waals surface area contributed by atoms with E-state index in [-0.39, 0.29) is 0 Å². The van der Waals surface area contributed by atoms with Crippen LogP contribution in [0.4, 0.5) is 0 Å². The van der Waals surface area contributed by atoms with Crippen LogP contribution in [0, 0.1) is 5.92 Å². The highest BCUT2D eigenvalue weighted by Crippen LogP contribution is 2.34. The van der Waals surface area contributed by atoms with Crippen LogP contribution in [0.5, 0.6) is 0 Å². The van der Waals surface area contributed by atoms with E-state index in [1.807, 2.05) is 0 Å².